The Morgan fingerprint density at radius 1 is 1.21 bits per heavy atom. The Morgan fingerprint density at radius 3 is 2.17 bits per heavy atom. The standard InChI is InChI=1S/C16H13F2I2NO3/c1-7-10(17)5-9(6-11(7)18)24-15-12(19)2-8(3-13(15)20)4-14(21)16(22)23/h2-3,5-6,14H,4,21H2,1H3,(H,22,23)/t14-/m0/s1. The molecule has 0 saturated carbocycles. The molecule has 4 nitrogen and oxygen atoms in total. The van der Waals surface area contributed by atoms with Gasteiger partial charge in [-0.2, -0.15) is 0 Å². The second kappa shape index (κ2) is 7.91. The van der Waals surface area contributed by atoms with Gasteiger partial charge in [-0.05, 0) is 76.2 Å². The zero-order valence-electron chi connectivity index (χ0n) is 12.4. The van der Waals surface area contributed by atoms with Crippen LogP contribution in [-0.2, 0) is 11.2 Å². The van der Waals surface area contributed by atoms with E-state index < -0.39 is 23.6 Å². The normalized spacial score (nSPS) is 12.1. The summed E-state index contributed by atoms with van der Waals surface area (Å²) in [5.74, 6) is -1.93. The Morgan fingerprint density at radius 2 is 1.71 bits per heavy atom. The van der Waals surface area contributed by atoms with E-state index in [2.05, 4.69) is 0 Å². The highest BCUT2D eigenvalue weighted by Crippen LogP contribution is 2.34. The first-order valence-electron chi connectivity index (χ1n) is 6.79. The molecule has 2 aromatic carbocycles. The van der Waals surface area contributed by atoms with Crippen LogP contribution in [0.25, 0.3) is 0 Å². The SMILES string of the molecule is Cc1c(F)cc(Oc2c(I)cc(C[C@H](N)C(=O)O)cc2I)cc1F. The van der Waals surface area contributed by atoms with E-state index in [4.69, 9.17) is 15.6 Å². The topological polar surface area (TPSA) is 72.5 Å². The molecule has 0 radical (unpaired) electrons. The average molecular weight is 559 g/mol. The van der Waals surface area contributed by atoms with Gasteiger partial charge in [-0.3, -0.25) is 4.79 Å². The summed E-state index contributed by atoms with van der Waals surface area (Å²) in [5.41, 5.74) is 6.22. The molecule has 128 valence electrons. The number of aliphatic carboxylic acids is 1. The van der Waals surface area contributed by atoms with Crippen LogP contribution in [0, 0.1) is 25.7 Å². The zero-order chi connectivity index (χ0) is 18.0. The van der Waals surface area contributed by atoms with Gasteiger partial charge in [0.25, 0.3) is 0 Å². The van der Waals surface area contributed by atoms with E-state index >= 15 is 0 Å². The molecule has 8 heteroatoms. The van der Waals surface area contributed by atoms with Crippen molar-refractivity contribution in [1.82, 2.24) is 0 Å². The molecule has 0 fully saturated rings. The first-order chi connectivity index (χ1) is 11.2. The number of benzene rings is 2. The van der Waals surface area contributed by atoms with Crippen molar-refractivity contribution in [2.24, 2.45) is 5.73 Å². The third kappa shape index (κ3) is 4.54. The summed E-state index contributed by atoms with van der Waals surface area (Å²) in [6, 6.07) is 4.73. The van der Waals surface area contributed by atoms with Crippen LogP contribution in [0.1, 0.15) is 11.1 Å². The molecule has 0 unspecified atom stereocenters. The Balaban J connectivity index is 2.30. The van der Waals surface area contributed by atoms with Crippen LogP contribution < -0.4 is 10.5 Å². The number of carboxylic acid groups (broad SMARTS) is 1. The van der Waals surface area contributed by atoms with E-state index in [1.54, 1.807) is 12.1 Å². The molecule has 1 atom stereocenters. The van der Waals surface area contributed by atoms with Gasteiger partial charge in [-0.1, -0.05) is 0 Å². The minimum Gasteiger partial charge on any atom is -0.480 e. The van der Waals surface area contributed by atoms with Crippen molar-refractivity contribution < 1.29 is 23.4 Å². The molecule has 0 bridgehead atoms. The average Bonchev–Trinajstić information content (AvgIpc) is 2.48. The summed E-state index contributed by atoms with van der Waals surface area (Å²) in [6.45, 7) is 1.35. The van der Waals surface area contributed by atoms with Gasteiger partial charge in [-0.15, -0.1) is 0 Å². The van der Waals surface area contributed by atoms with Gasteiger partial charge >= 0.3 is 5.97 Å². The summed E-state index contributed by atoms with van der Waals surface area (Å²) in [4.78, 5) is 10.8. The number of carbonyl (C=O) groups is 1. The van der Waals surface area contributed by atoms with E-state index in [0.717, 1.165) is 17.7 Å². The molecule has 0 aliphatic carbocycles. The summed E-state index contributed by atoms with van der Waals surface area (Å²) in [7, 11) is 0. The lowest BCUT2D eigenvalue weighted by atomic mass is 10.1. The van der Waals surface area contributed by atoms with Crippen LogP contribution in [0.15, 0.2) is 24.3 Å². The molecular weight excluding hydrogens is 546 g/mol. The molecule has 2 aromatic rings. The maximum absolute atomic E-state index is 13.6. The number of ether oxygens (including phenoxy) is 1. The van der Waals surface area contributed by atoms with Gasteiger partial charge in [0.15, 0.2) is 5.75 Å². The zero-order valence-corrected chi connectivity index (χ0v) is 16.8. The number of hydrogen-bond acceptors (Lipinski definition) is 3. The Labute approximate surface area is 164 Å². The highest BCUT2D eigenvalue weighted by Gasteiger charge is 2.16. The number of rotatable bonds is 5. The van der Waals surface area contributed by atoms with Crippen molar-refractivity contribution >= 4 is 51.2 Å². The van der Waals surface area contributed by atoms with Crippen LogP contribution in [0.4, 0.5) is 8.78 Å². The smallest absolute Gasteiger partial charge is 0.320 e. The Hall–Kier alpha value is -1.01. The number of nitrogens with two attached hydrogens (primary N) is 1. The quantitative estimate of drug-likeness (QED) is 0.539. The lowest BCUT2D eigenvalue weighted by Crippen LogP contribution is -2.32. The van der Waals surface area contributed by atoms with Crippen molar-refractivity contribution in [2.75, 3.05) is 0 Å². The molecule has 0 amide bonds. The third-order valence-corrected chi connectivity index (χ3v) is 4.91. The minimum atomic E-state index is -1.08. The molecule has 0 aromatic heterocycles. The minimum absolute atomic E-state index is 0.0569. The Bertz CT molecular complexity index is 753. The van der Waals surface area contributed by atoms with Crippen molar-refractivity contribution in [1.29, 1.82) is 0 Å². The Kier molecular flexibility index (Phi) is 6.37. The fourth-order valence-electron chi connectivity index (χ4n) is 1.97. The fraction of sp³-hybridized carbons (Fsp3) is 0.188. The predicted molar refractivity (Wildman–Crippen MR) is 102 cm³/mol. The van der Waals surface area contributed by atoms with E-state index in [-0.39, 0.29) is 17.7 Å². The lowest BCUT2D eigenvalue weighted by molar-refractivity contribution is -0.138. The van der Waals surface area contributed by atoms with Crippen LogP contribution in [0.3, 0.4) is 0 Å². The van der Waals surface area contributed by atoms with Crippen molar-refractivity contribution in [2.45, 2.75) is 19.4 Å². The van der Waals surface area contributed by atoms with Gasteiger partial charge in [0.2, 0.25) is 0 Å². The lowest BCUT2D eigenvalue weighted by Gasteiger charge is -2.14. The van der Waals surface area contributed by atoms with E-state index in [9.17, 15) is 13.6 Å². The molecule has 3 N–H and O–H groups in total. The summed E-state index contributed by atoms with van der Waals surface area (Å²) < 4.78 is 34.3. The summed E-state index contributed by atoms with van der Waals surface area (Å²) in [6.07, 6.45) is 0.176. The van der Waals surface area contributed by atoms with E-state index in [0.29, 0.717) is 12.9 Å². The van der Waals surface area contributed by atoms with Gasteiger partial charge < -0.3 is 15.6 Å². The molecule has 0 aliphatic rings. The van der Waals surface area contributed by atoms with Crippen LogP contribution in [-0.4, -0.2) is 17.1 Å². The largest absolute Gasteiger partial charge is 0.480 e. The molecule has 0 heterocycles. The van der Waals surface area contributed by atoms with E-state index in [1.165, 1.54) is 6.92 Å². The van der Waals surface area contributed by atoms with Crippen molar-refractivity contribution in [3.63, 3.8) is 0 Å². The van der Waals surface area contributed by atoms with Crippen molar-refractivity contribution in [3.8, 4) is 11.5 Å². The molecular formula is C16H13F2I2NO3. The van der Waals surface area contributed by atoms with Gasteiger partial charge in [0, 0.05) is 17.7 Å². The van der Waals surface area contributed by atoms with Crippen LogP contribution in [0.5, 0.6) is 11.5 Å². The highest BCUT2D eigenvalue weighted by molar-refractivity contribution is 14.1. The molecule has 2 rings (SSSR count). The fourth-order valence-corrected chi connectivity index (χ4v) is 4.09. The van der Waals surface area contributed by atoms with Gasteiger partial charge in [0.1, 0.15) is 23.4 Å². The summed E-state index contributed by atoms with van der Waals surface area (Å²) >= 11 is 4.04. The number of halogens is 4. The first-order valence-corrected chi connectivity index (χ1v) is 8.94. The number of hydrogen-bond donors (Lipinski definition) is 2. The second-order valence-electron chi connectivity index (χ2n) is 5.15. The van der Waals surface area contributed by atoms with Crippen LogP contribution in [0.2, 0.25) is 0 Å². The maximum Gasteiger partial charge on any atom is 0.320 e. The number of carboxylic acids is 1. The highest BCUT2D eigenvalue weighted by atomic mass is 127. The van der Waals surface area contributed by atoms with Crippen molar-refractivity contribution in [3.05, 3.63) is 54.2 Å². The van der Waals surface area contributed by atoms with Gasteiger partial charge in [0.05, 0.1) is 7.14 Å². The van der Waals surface area contributed by atoms with Crippen LogP contribution >= 0.6 is 45.2 Å². The molecule has 0 saturated heterocycles. The maximum atomic E-state index is 13.6. The predicted octanol–water partition coefficient (Wildman–Crippen LogP) is 4.23. The third-order valence-electron chi connectivity index (χ3n) is 3.31. The molecule has 24 heavy (non-hydrogen) atoms. The van der Waals surface area contributed by atoms with Gasteiger partial charge in [-0.25, -0.2) is 8.78 Å². The monoisotopic (exact) mass is 559 g/mol. The molecule has 0 aliphatic heterocycles. The first kappa shape index (κ1) is 19.3. The van der Waals surface area contributed by atoms with E-state index in [1.807, 2.05) is 45.2 Å². The molecule has 0 spiro atoms. The second-order valence-corrected chi connectivity index (χ2v) is 7.48. The summed E-state index contributed by atoms with van der Waals surface area (Å²) in [5, 5.41) is 8.88.